The Bertz CT molecular complexity index is 140. The molecule has 0 saturated carbocycles. The molecule has 0 bridgehead atoms. The zero-order valence-corrected chi connectivity index (χ0v) is 9.41. The quantitative estimate of drug-likeness (QED) is 0.305. The molecule has 1 rings (SSSR count). The van der Waals surface area contributed by atoms with Crippen LogP contribution in [0.4, 0.5) is 0 Å². The molecule has 0 amide bonds. The summed E-state index contributed by atoms with van der Waals surface area (Å²) in [5.74, 6) is 1.88. The number of allylic oxidation sites excluding steroid dienone is 4. The Morgan fingerprint density at radius 1 is 1.08 bits per heavy atom. The molecule has 0 spiro atoms. The Kier molecular flexibility index (Phi) is 42.7. The van der Waals surface area contributed by atoms with Gasteiger partial charge >= 0.3 is 21.7 Å². The van der Waals surface area contributed by atoms with E-state index in [1.165, 1.54) is 0 Å². The van der Waals surface area contributed by atoms with Crippen LogP contribution in [0.5, 0.6) is 0 Å². The summed E-state index contributed by atoms with van der Waals surface area (Å²) in [7, 11) is 0. The summed E-state index contributed by atoms with van der Waals surface area (Å²) in [6.07, 6.45) is 14.5. The van der Waals surface area contributed by atoms with Crippen LogP contribution in [-0.2, 0) is 21.7 Å². The van der Waals surface area contributed by atoms with E-state index in [-0.39, 0.29) is 46.5 Å². The van der Waals surface area contributed by atoms with Crippen LogP contribution >= 0.6 is 0 Å². The minimum atomic E-state index is -0.403. The van der Waals surface area contributed by atoms with Crippen LogP contribution in [0.25, 0.3) is 0 Å². The minimum Gasteiger partial charge on any atom is -1.00 e. The van der Waals surface area contributed by atoms with Crippen molar-refractivity contribution in [2.24, 2.45) is 0 Å². The average Bonchev–Trinajstić information content (AvgIpc) is 2.43. The second kappa shape index (κ2) is 22.5. The summed E-state index contributed by atoms with van der Waals surface area (Å²) >= 11 is 0. The summed E-state index contributed by atoms with van der Waals surface area (Å²) in [4.78, 5) is 0. The Morgan fingerprint density at radius 2 is 1.42 bits per heavy atom. The normalized spacial score (nSPS) is 9.00. The van der Waals surface area contributed by atoms with E-state index in [2.05, 4.69) is 6.42 Å². The number of hydrogen-bond donors (Lipinski definition) is 0. The second-order valence-electron chi connectivity index (χ2n) is 1.31. The van der Waals surface area contributed by atoms with E-state index in [0.717, 1.165) is 0 Å². The fourth-order valence-electron chi connectivity index (χ4n) is 0.321. The molecular formula is C8H8Cl2OTi. The van der Waals surface area contributed by atoms with Gasteiger partial charge in [-0.3, -0.25) is 0 Å². The zero-order chi connectivity index (χ0) is 6.95. The van der Waals surface area contributed by atoms with Gasteiger partial charge in [0.2, 0.25) is 0 Å². The van der Waals surface area contributed by atoms with Crippen molar-refractivity contribution in [2.45, 2.75) is 0 Å². The van der Waals surface area contributed by atoms with E-state index in [1.807, 2.05) is 36.6 Å². The second-order valence-corrected chi connectivity index (χ2v) is 1.31. The molecule has 1 nitrogen and oxygen atoms in total. The van der Waals surface area contributed by atoms with E-state index in [1.54, 1.807) is 0 Å². The third-order valence-corrected chi connectivity index (χ3v) is 0.639. The molecule has 64 valence electrons. The first-order chi connectivity index (χ1) is 4.41. The van der Waals surface area contributed by atoms with Gasteiger partial charge in [0.25, 0.3) is 0 Å². The summed E-state index contributed by atoms with van der Waals surface area (Å²) in [5, 5.41) is 9.06. The van der Waals surface area contributed by atoms with Gasteiger partial charge < -0.3 is 29.9 Å². The molecule has 1 aliphatic carbocycles. The molecule has 0 saturated heterocycles. The third kappa shape index (κ3) is 22.4. The minimum absolute atomic E-state index is 0. The molecule has 0 unspecified atom stereocenters. The van der Waals surface area contributed by atoms with Crippen LogP contribution in [0, 0.1) is 18.8 Å². The van der Waals surface area contributed by atoms with Gasteiger partial charge in [0, 0.05) is 6.42 Å². The number of terminal acetylenes is 1. The van der Waals surface area contributed by atoms with E-state index in [0.29, 0.717) is 0 Å². The monoisotopic (exact) mass is 238 g/mol. The van der Waals surface area contributed by atoms with Gasteiger partial charge in [-0.25, -0.2) is 0 Å². The molecule has 1 aliphatic rings. The Hall–Kier alpha value is 0.294. The topological polar surface area (TPSA) is 23.1 Å². The maximum atomic E-state index is 9.06. The molecular weight excluding hydrogens is 231 g/mol. The molecule has 0 N–H and O–H groups in total. The van der Waals surface area contributed by atoms with E-state index >= 15 is 0 Å². The standard InChI is InChI=1S/C5H5.C3H3O.2ClH.Ti/c1-2-4-5-3-1;1-2-3-4;;;/h1-5H;1H,3H2;2*1H;/q;-1;;;+3/p-2. The van der Waals surface area contributed by atoms with Crippen molar-refractivity contribution in [1.82, 2.24) is 0 Å². The van der Waals surface area contributed by atoms with Gasteiger partial charge in [-0.1, -0.05) is 30.9 Å². The number of hydrogen-bond acceptors (Lipinski definition) is 1. The molecule has 0 aliphatic heterocycles. The molecule has 0 heterocycles. The van der Waals surface area contributed by atoms with Gasteiger partial charge in [-0.2, -0.15) is 0 Å². The molecule has 0 aromatic carbocycles. The van der Waals surface area contributed by atoms with Gasteiger partial charge in [0.1, 0.15) is 0 Å². The Balaban J connectivity index is -0.0000000436. The van der Waals surface area contributed by atoms with Crippen molar-refractivity contribution < 1.29 is 51.6 Å². The first kappa shape index (κ1) is 22.8. The molecule has 0 atom stereocenters. The molecule has 0 fully saturated rings. The van der Waals surface area contributed by atoms with Crippen molar-refractivity contribution in [3.05, 3.63) is 30.7 Å². The van der Waals surface area contributed by atoms with Crippen LogP contribution in [0.3, 0.4) is 0 Å². The molecule has 2 radical (unpaired) electrons. The number of halogens is 2. The van der Waals surface area contributed by atoms with E-state index in [4.69, 9.17) is 5.11 Å². The summed E-state index contributed by atoms with van der Waals surface area (Å²) in [6.45, 7) is -0.403. The van der Waals surface area contributed by atoms with Crippen molar-refractivity contribution in [3.63, 3.8) is 0 Å². The fraction of sp³-hybridized carbons (Fsp3) is 0.125. The van der Waals surface area contributed by atoms with Gasteiger partial charge in [-0.05, 0) is 0 Å². The van der Waals surface area contributed by atoms with Crippen LogP contribution in [0.1, 0.15) is 0 Å². The van der Waals surface area contributed by atoms with Crippen LogP contribution in [0.15, 0.2) is 24.3 Å². The zero-order valence-electron chi connectivity index (χ0n) is 6.34. The Labute approximate surface area is 101 Å². The van der Waals surface area contributed by atoms with Gasteiger partial charge in [0.05, 0.1) is 0 Å². The van der Waals surface area contributed by atoms with Crippen LogP contribution in [-0.4, -0.2) is 6.61 Å². The van der Waals surface area contributed by atoms with E-state index in [9.17, 15) is 0 Å². The smallest absolute Gasteiger partial charge is 1.00 e. The summed E-state index contributed by atoms with van der Waals surface area (Å²) in [6, 6.07) is 0. The van der Waals surface area contributed by atoms with Crippen molar-refractivity contribution in [1.29, 1.82) is 0 Å². The summed E-state index contributed by atoms with van der Waals surface area (Å²) in [5.41, 5.74) is 0. The van der Waals surface area contributed by atoms with Crippen molar-refractivity contribution >= 4 is 0 Å². The largest absolute Gasteiger partial charge is 3.00 e. The molecule has 4 heteroatoms. The van der Waals surface area contributed by atoms with E-state index < -0.39 is 6.61 Å². The summed E-state index contributed by atoms with van der Waals surface area (Å²) < 4.78 is 0. The predicted molar refractivity (Wildman–Crippen MR) is 36.3 cm³/mol. The van der Waals surface area contributed by atoms with Gasteiger partial charge in [-0.15, -0.1) is 12.3 Å². The van der Waals surface area contributed by atoms with Crippen molar-refractivity contribution in [3.8, 4) is 12.3 Å². The van der Waals surface area contributed by atoms with Crippen LogP contribution in [0.2, 0.25) is 0 Å². The maximum absolute atomic E-state index is 9.06. The third-order valence-electron chi connectivity index (χ3n) is 0.639. The van der Waals surface area contributed by atoms with Gasteiger partial charge in [0.15, 0.2) is 0 Å². The molecule has 0 aromatic heterocycles. The SMILES string of the molecule is C#CC[O-].[CH]1C=CC=C1.[Cl-].[Cl-].[Ti+3]. The first-order valence-electron chi connectivity index (χ1n) is 2.60. The van der Waals surface area contributed by atoms with Crippen molar-refractivity contribution in [2.75, 3.05) is 6.61 Å². The fourth-order valence-corrected chi connectivity index (χ4v) is 0.321. The molecule has 12 heavy (non-hydrogen) atoms. The molecule has 0 aromatic rings. The Morgan fingerprint density at radius 3 is 1.50 bits per heavy atom. The maximum Gasteiger partial charge on any atom is 3.00 e. The number of rotatable bonds is 0. The first-order valence-corrected chi connectivity index (χ1v) is 2.60. The average molecular weight is 239 g/mol. The van der Waals surface area contributed by atoms with Crippen LogP contribution < -0.4 is 29.9 Å². The predicted octanol–water partition coefficient (Wildman–Crippen LogP) is -5.70.